The highest BCUT2D eigenvalue weighted by Crippen LogP contribution is 2.16. The first-order valence-corrected chi connectivity index (χ1v) is 4.73. The number of nitrogens with zero attached hydrogens (tertiary/aromatic N) is 1. The number of hydrogen-bond donors (Lipinski definition) is 0. The Morgan fingerprint density at radius 3 is 2.93 bits per heavy atom. The van der Waals surface area contributed by atoms with Crippen molar-refractivity contribution >= 4 is 10.9 Å². The molecule has 0 saturated heterocycles. The lowest BCUT2D eigenvalue weighted by Crippen LogP contribution is -2.05. The van der Waals surface area contributed by atoms with Gasteiger partial charge in [-0.3, -0.25) is 0 Å². The van der Waals surface area contributed by atoms with Crippen molar-refractivity contribution in [2.45, 2.75) is 13.3 Å². The maximum absolute atomic E-state index is 11.7. The first-order valence-electron chi connectivity index (χ1n) is 4.73. The quantitative estimate of drug-likeness (QED) is 0.749. The Labute approximate surface area is 86.5 Å². The predicted octanol–water partition coefficient (Wildman–Crippen LogP) is 1.76. The summed E-state index contributed by atoms with van der Waals surface area (Å²) < 4.78 is 9.69. The van der Waals surface area contributed by atoms with Gasteiger partial charge in [0.15, 0.2) is 0 Å². The van der Waals surface area contributed by atoms with Gasteiger partial charge in [-0.15, -0.1) is 0 Å². The largest absolute Gasteiger partial charge is 0.453 e. The fraction of sp³-hybridized carbons (Fsp3) is 0.273. The third kappa shape index (κ3) is 1.58. The van der Waals surface area contributed by atoms with Crippen molar-refractivity contribution in [1.82, 2.24) is 4.98 Å². The number of aryl methyl sites for hydroxylation is 1. The molecule has 4 nitrogen and oxygen atoms in total. The number of ether oxygens (including phenoxy) is 1. The number of rotatable bonds is 2. The van der Waals surface area contributed by atoms with Crippen molar-refractivity contribution in [3.63, 3.8) is 0 Å². The normalized spacial score (nSPS) is 10.5. The van der Waals surface area contributed by atoms with E-state index >= 15 is 0 Å². The summed E-state index contributed by atoms with van der Waals surface area (Å²) in [4.78, 5) is 15.7. The molecule has 15 heavy (non-hydrogen) atoms. The molecule has 2 aromatic rings. The first kappa shape index (κ1) is 9.71. The number of hydrogen-bond acceptors (Lipinski definition) is 4. The van der Waals surface area contributed by atoms with E-state index in [0.29, 0.717) is 10.9 Å². The van der Waals surface area contributed by atoms with Gasteiger partial charge in [0.05, 0.1) is 18.0 Å². The molecule has 2 rings (SSSR count). The van der Waals surface area contributed by atoms with Crippen LogP contribution in [0.5, 0.6) is 6.08 Å². The summed E-state index contributed by atoms with van der Waals surface area (Å²) in [5.41, 5.74) is 1.16. The van der Waals surface area contributed by atoms with Gasteiger partial charge in [0, 0.05) is 0 Å². The van der Waals surface area contributed by atoms with Crippen LogP contribution in [-0.2, 0) is 6.42 Å². The van der Waals surface area contributed by atoms with Crippen molar-refractivity contribution in [3.8, 4) is 6.08 Å². The average molecular weight is 205 g/mol. The highest BCUT2D eigenvalue weighted by molar-refractivity contribution is 5.80. The highest BCUT2D eigenvalue weighted by atomic mass is 16.6. The summed E-state index contributed by atoms with van der Waals surface area (Å²) in [5, 5.41) is 0.542. The van der Waals surface area contributed by atoms with Crippen LogP contribution in [0.25, 0.3) is 10.9 Å². The van der Waals surface area contributed by atoms with Crippen molar-refractivity contribution in [3.05, 3.63) is 34.2 Å². The zero-order chi connectivity index (χ0) is 10.8. The minimum absolute atomic E-state index is 0.000697. The van der Waals surface area contributed by atoms with Crippen LogP contribution >= 0.6 is 0 Å². The zero-order valence-corrected chi connectivity index (χ0v) is 8.61. The Balaban J connectivity index is 2.85. The van der Waals surface area contributed by atoms with Gasteiger partial charge in [0.1, 0.15) is 0 Å². The van der Waals surface area contributed by atoms with Gasteiger partial charge in [-0.1, -0.05) is 19.1 Å². The van der Waals surface area contributed by atoms with E-state index in [0.717, 1.165) is 12.0 Å². The maximum Gasteiger partial charge on any atom is 0.396 e. The molecule has 0 aliphatic carbocycles. The number of aromatic nitrogens is 1. The Hall–Kier alpha value is -1.84. The minimum atomic E-state index is -0.394. The molecule has 0 N–H and O–H groups in total. The predicted molar refractivity (Wildman–Crippen MR) is 56.2 cm³/mol. The summed E-state index contributed by atoms with van der Waals surface area (Å²) in [7, 11) is 1.42. The number of fused-ring (bicyclic) bond motifs is 1. The molecule has 0 saturated carbocycles. The van der Waals surface area contributed by atoms with Crippen LogP contribution in [0.4, 0.5) is 0 Å². The van der Waals surface area contributed by atoms with Crippen molar-refractivity contribution in [1.29, 1.82) is 0 Å². The zero-order valence-electron chi connectivity index (χ0n) is 8.61. The minimum Gasteiger partial charge on any atom is -0.453 e. The van der Waals surface area contributed by atoms with Gasteiger partial charge < -0.3 is 9.15 Å². The molecule has 0 bridgehead atoms. The topological polar surface area (TPSA) is 52.3 Å². The standard InChI is InChI=1S/C11H11NO3/c1-3-7-5-4-6-8-9(7)10(13)15-11(12-8)14-2/h4-6H,3H2,1-2H3. The molecular formula is C11H11NO3. The molecule has 0 atom stereocenters. The first-order chi connectivity index (χ1) is 7.26. The second-order valence-corrected chi connectivity index (χ2v) is 3.14. The molecule has 0 radical (unpaired) electrons. The molecule has 0 fully saturated rings. The van der Waals surface area contributed by atoms with Gasteiger partial charge in [-0.25, -0.2) is 4.79 Å². The molecule has 0 aliphatic rings. The van der Waals surface area contributed by atoms with Crippen molar-refractivity contribution in [2.75, 3.05) is 7.11 Å². The number of benzene rings is 1. The van der Waals surface area contributed by atoms with Gasteiger partial charge in [-0.2, -0.15) is 4.98 Å². The van der Waals surface area contributed by atoms with Crippen LogP contribution in [0.3, 0.4) is 0 Å². The molecule has 4 heteroatoms. The van der Waals surface area contributed by atoms with Crippen molar-refractivity contribution in [2.24, 2.45) is 0 Å². The van der Waals surface area contributed by atoms with E-state index in [1.54, 1.807) is 6.07 Å². The van der Waals surface area contributed by atoms with Crippen LogP contribution in [-0.4, -0.2) is 12.1 Å². The summed E-state index contributed by atoms with van der Waals surface area (Å²) in [5.74, 6) is 0. The lowest BCUT2D eigenvalue weighted by atomic mass is 10.1. The Morgan fingerprint density at radius 2 is 2.27 bits per heavy atom. The maximum atomic E-state index is 11.7. The molecule has 0 spiro atoms. The molecular weight excluding hydrogens is 194 g/mol. The van der Waals surface area contributed by atoms with Crippen LogP contribution in [0.15, 0.2) is 27.4 Å². The van der Waals surface area contributed by atoms with Gasteiger partial charge in [0.25, 0.3) is 0 Å². The lowest BCUT2D eigenvalue weighted by Gasteiger charge is -2.02. The summed E-state index contributed by atoms with van der Waals surface area (Å²) >= 11 is 0. The molecule has 0 amide bonds. The molecule has 0 aliphatic heterocycles. The second kappa shape index (κ2) is 3.73. The molecule has 0 unspecified atom stereocenters. The van der Waals surface area contributed by atoms with Crippen LogP contribution in [0.1, 0.15) is 12.5 Å². The monoisotopic (exact) mass is 205 g/mol. The van der Waals surface area contributed by atoms with E-state index in [9.17, 15) is 4.79 Å². The molecule has 78 valence electrons. The van der Waals surface area contributed by atoms with Crippen molar-refractivity contribution < 1.29 is 9.15 Å². The van der Waals surface area contributed by atoms with Gasteiger partial charge in [-0.05, 0) is 18.1 Å². The summed E-state index contributed by atoms with van der Waals surface area (Å²) in [6.07, 6.45) is 0.775. The number of methoxy groups -OCH3 is 1. The third-order valence-corrected chi connectivity index (χ3v) is 2.28. The summed E-state index contributed by atoms with van der Waals surface area (Å²) in [6.45, 7) is 1.98. The van der Waals surface area contributed by atoms with Crippen LogP contribution < -0.4 is 10.4 Å². The molecule has 1 aromatic carbocycles. The second-order valence-electron chi connectivity index (χ2n) is 3.14. The Kier molecular flexibility index (Phi) is 2.41. The van der Waals surface area contributed by atoms with Crippen LogP contribution in [0.2, 0.25) is 0 Å². The van der Waals surface area contributed by atoms with Gasteiger partial charge >= 0.3 is 11.7 Å². The SMILES string of the molecule is CCc1cccc2nc(OC)oc(=O)c12. The third-order valence-electron chi connectivity index (χ3n) is 2.28. The Morgan fingerprint density at radius 1 is 1.47 bits per heavy atom. The lowest BCUT2D eigenvalue weighted by molar-refractivity contribution is 0.270. The fourth-order valence-corrected chi connectivity index (χ4v) is 1.55. The van der Waals surface area contributed by atoms with E-state index in [2.05, 4.69) is 4.98 Å². The fourth-order valence-electron chi connectivity index (χ4n) is 1.55. The van der Waals surface area contributed by atoms with E-state index in [1.807, 2.05) is 19.1 Å². The molecule has 1 aromatic heterocycles. The Bertz CT molecular complexity index is 545. The van der Waals surface area contributed by atoms with E-state index < -0.39 is 5.63 Å². The smallest absolute Gasteiger partial charge is 0.396 e. The average Bonchev–Trinajstić information content (AvgIpc) is 2.27. The highest BCUT2D eigenvalue weighted by Gasteiger charge is 2.09. The molecule has 1 heterocycles. The van der Waals surface area contributed by atoms with Gasteiger partial charge in [0.2, 0.25) is 0 Å². The van der Waals surface area contributed by atoms with E-state index in [-0.39, 0.29) is 6.08 Å². The van der Waals surface area contributed by atoms with Crippen LogP contribution in [0, 0.1) is 0 Å². The van der Waals surface area contributed by atoms with E-state index in [4.69, 9.17) is 9.15 Å². The van der Waals surface area contributed by atoms with E-state index in [1.165, 1.54) is 7.11 Å². The summed E-state index contributed by atoms with van der Waals surface area (Å²) in [6, 6.07) is 5.54.